The quantitative estimate of drug-likeness (QED) is 0.575. The minimum Gasteiger partial charge on any atom is -0.0934 e. The number of allylic oxidation sites excluding steroid dienone is 1. The zero-order valence-corrected chi connectivity index (χ0v) is 13.4. The van der Waals surface area contributed by atoms with Crippen molar-refractivity contribution < 1.29 is 0 Å². The molecule has 0 aliphatic rings. The Balaban J connectivity index is 2.29. The first-order chi connectivity index (χ1) is 9.31. The SMILES string of the molecule is CCC/C(Sc1ccccc1)=C(/Br)c1ccccc1. The predicted octanol–water partition coefficient (Wildman–Crippen LogP) is 6.34. The molecule has 0 fully saturated rings. The Bertz CT molecular complexity index is 532. The molecule has 0 N–H and O–H groups in total. The Hall–Kier alpha value is -0.990. The topological polar surface area (TPSA) is 0 Å². The third kappa shape index (κ3) is 4.26. The highest BCUT2D eigenvalue weighted by Crippen LogP contribution is 2.38. The van der Waals surface area contributed by atoms with Crippen molar-refractivity contribution >= 4 is 32.2 Å². The van der Waals surface area contributed by atoms with Crippen molar-refractivity contribution in [2.24, 2.45) is 0 Å². The summed E-state index contributed by atoms with van der Waals surface area (Å²) in [6.07, 6.45) is 2.24. The molecule has 0 saturated heterocycles. The van der Waals surface area contributed by atoms with Gasteiger partial charge in [-0.1, -0.05) is 73.6 Å². The van der Waals surface area contributed by atoms with Crippen LogP contribution in [-0.4, -0.2) is 0 Å². The van der Waals surface area contributed by atoms with Gasteiger partial charge in [-0.3, -0.25) is 0 Å². The largest absolute Gasteiger partial charge is 0.0934 e. The molecule has 2 rings (SSSR count). The van der Waals surface area contributed by atoms with Crippen LogP contribution in [0.5, 0.6) is 0 Å². The summed E-state index contributed by atoms with van der Waals surface area (Å²) >= 11 is 5.62. The van der Waals surface area contributed by atoms with Gasteiger partial charge in [0.25, 0.3) is 0 Å². The summed E-state index contributed by atoms with van der Waals surface area (Å²) in [5, 5.41) is 0. The molecule has 0 amide bonds. The van der Waals surface area contributed by atoms with Crippen LogP contribution < -0.4 is 0 Å². The number of halogens is 1. The van der Waals surface area contributed by atoms with Gasteiger partial charge in [-0.25, -0.2) is 0 Å². The van der Waals surface area contributed by atoms with Gasteiger partial charge >= 0.3 is 0 Å². The summed E-state index contributed by atoms with van der Waals surface area (Å²) in [5.74, 6) is 0. The van der Waals surface area contributed by atoms with E-state index >= 15 is 0 Å². The highest BCUT2D eigenvalue weighted by Gasteiger charge is 2.07. The fourth-order valence-corrected chi connectivity index (χ4v) is 3.61. The Morgan fingerprint density at radius 2 is 1.53 bits per heavy atom. The number of rotatable bonds is 5. The van der Waals surface area contributed by atoms with Crippen molar-refractivity contribution in [2.75, 3.05) is 0 Å². The Morgan fingerprint density at radius 1 is 0.947 bits per heavy atom. The molecule has 0 aromatic heterocycles. The van der Waals surface area contributed by atoms with E-state index in [1.165, 1.54) is 19.8 Å². The van der Waals surface area contributed by atoms with Crippen LogP contribution in [0.2, 0.25) is 0 Å². The van der Waals surface area contributed by atoms with Crippen LogP contribution in [0.4, 0.5) is 0 Å². The first-order valence-corrected chi connectivity index (χ1v) is 8.09. The van der Waals surface area contributed by atoms with Gasteiger partial charge in [0.2, 0.25) is 0 Å². The highest BCUT2D eigenvalue weighted by atomic mass is 79.9. The number of hydrogen-bond donors (Lipinski definition) is 0. The maximum absolute atomic E-state index is 3.77. The first-order valence-electron chi connectivity index (χ1n) is 6.48. The molecule has 2 aromatic rings. The molecular formula is C17H17BrS. The normalized spacial score (nSPS) is 12.1. The van der Waals surface area contributed by atoms with Crippen LogP contribution >= 0.6 is 27.7 Å². The van der Waals surface area contributed by atoms with Gasteiger partial charge in [0.05, 0.1) is 0 Å². The summed E-state index contributed by atoms with van der Waals surface area (Å²) in [5.41, 5.74) is 1.24. The average molecular weight is 333 g/mol. The van der Waals surface area contributed by atoms with Crippen LogP contribution in [0.15, 0.2) is 70.5 Å². The van der Waals surface area contributed by atoms with E-state index in [0.29, 0.717) is 0 Å². The van der Waals surface area contributed by atoms with Crippen molar-refractivity contribution in [1.82, 2.24) is 0 Å². The van der Waals surface area contributed by atoms with Crippen LogP contribution in [0.3, 0.4) is 0 Å². The van der Waals surface area contributed by atoms with Crippen molar-refractivity contribution in [3.05, 3.63) is 71.1 Å². The highest BCUT2D eigenvalue weighted by molar-refractivity contribution is 9.15. The molecule has 0 unspecified atom stereocenters. The Kier molecular flexibility index (Phi) is 5.74. The Morgan fingerprint density at radius 3 is 2.11 bits per heavy atom. The fraction of sp³-hybridized carbons (Fsp3) is 0.176. The van der Waals surface area contributed by atoms with Crippen LogP contribution in [0.25, 0.3) is 4.48 Å². The maximum Gasteiger partial charge on any atom is 0.0346 e. The number of benzene rings is 2. The third-order valence-corrected chi connectivity index (χ3v) is 5.09. The lowest BCUT2D eigenvalue weighted by molar-refractivity contribution is 0.950. The molecular weight excluding hydrogens is 316 g/mol. The van der Waals surface area contributed by atoms with E-state index in [0.717, 1.165) is 12.8 Å². The van der Waals surface area contributed by atoms with Crippen LogP contribution in [-0.2, 0) is 0 Å². The van der Waals surface area contributed by atoms with Gasteiger partial charge in [-0.2, -0.15) is 0 Å². The molecule has 0 saturated carbocycles. The lowest BCUT2D eigenvalue weighted by Crippen LogP contribution is -1.84. The standard InChI is InChI=1S/C17H17BrS/c1-2-9-16(19-15-12-7-4-8-13-15)17(18)14-10-5-3-6-11-14/h3-8,10-13H,2,9H2,1H3/b17-16-. The summed E-state index contributed by atoms with van der Waals surface area (Å²) < 4.78 is 1.21. The van der Waals surface area contributed by atoms with Gasteiger partial charge in [-0.15, -0.1) is 0 Å². The molecule has 2 heteroatoms. The first kappa shape index (κ1) is 14.4. The molecule has 0 aliphatic carbocycles. The van der Waals surface area contributed by atoms with Gasteiger partial charge in [0.15, 0.2) is 0 Å². The van der Waals surface area contributed by atoms with Gasteiger partial charge < -0.3 is 0 Å². The zero-order chi connectivity index (χ0) is 13.5. The van der Waals surface area contributed by atoms with Gasteiger partial charge in [-0.05, 0) is 40.0 Å². The summed E-state index contributed by atoms with van der Waals surface area (Å²) in [6.45, 7) is 2.22. The van der Waals surface area contributed by atoms with Crippen LogP contribution in [0.1, 0.15) is 25.3 Å². The molecule has 0 bridgehead atoms. The summed E-state index contributed by atoms with van der Waals surface area (Å²) in [4.78, 5) is 2.68. The maximum atomic E-state index is 3.77. The monoisotopic (exact) mass is 332 g/mol. The summed E-state index contributed by atoms with van der Waals surface area (Å²) in [6, 6.07) is 21.0. The second-order valence-electron chi connectivity index (χ2n) is 4.27. The molecule has 0 spiro atoms. The fourth-order valence-electron chi connectivity index (χ4n) is 1.81. The smallest absolute Gasteiger partial charge is 0.0346 e. The molecule has 0 atom stereocenters. The second-order valence-corrected chi connectivity index (χ2v) is 6.23. The minimum atomic E-state index is 1.09. The molecule has 0 nitrogen and oxygen atoms in total. The minimum absolute atomic E-state index is 1.09. The number of thioether (sulfide) groups is 1. The zero-order valence-electron chi connectivity index (χ0n) is 11.0. The van der Waals surface area contributed by atoms with E-state index in [4.69, 9.17) is 0 Å². The molecule has 0 radical (unpaired) electrons. The van der Waals surface area contributed by atoms with E-state index in [-0.39, 0.29) is 0 Å². The van der Waals surface area contributed by atoms with Crippen molar-refractivity contribution in [3.8, 4) is 0 Å². The Labute approximate surface area is 128 Å². The lowest BCUT2D eigenvalue weighted by atomic mass is 10.2. The predicted molar refractivity (Wildman–Crippen MR) is 89.5 cm³/mol. The van der Waals surface area contributed by atoms with E-state index < -0.39 is 0 Å². The van der Waals surface area contributed by atoms with Crippen molar-refractivity contribution in [1.29, 1.82) is 0 Å². The van der Waals surface area contributed by atoms with E-state index in [1.54, 1.807) is 0 Å². The lowest BCUT2D eigenvalue weighted by Gasteiger charge is -2.10. The molecule has 0 aliphatic heterocycles. The van der Waals surface area contributed by atoms with Crippen molar-refractivity contribution in [2.45, 2.75) is 24.7 Å². The van der Waals surface area contributed by atoms with E-state index in [9.17, 15) is 0 Å². The van der Waals surface area contributed by atoms with Crippen LogP contribution in [0, 0.1) is 0 Å². The van der Waals surface area contributed by atoms with Gasteiger partial charge in [0.1, 0.15) is 0 Å². The second kappa shape index (κ2) is 7.56. The van der Waals surface area contributed by atoms with Gasteiger partial charge in [0, 0.05) is 14.3 Å². The molecule has 98 valence electrons. The van der Waals surface area contributed by atoms with E-state index in [1.807, 2.05) is 17.8 Å². The van der Waals surface area contributed by atoms with E-state index in [2.05, 4.69) is 77.5 Å². The molecule has 2 aromatic carbocycles. The average Bonchev–Trinajstić information content (AvgIpc) is 2.48. The summed E-state index contributed by atoms with van der Waals surface area (Å²) in [7, 11) is 0. The molecule has 19 heavy (non-hydrogen) atoms. The third-order valence-electron chi connectivity index (χ3n) is 2.73. The molecule has 0 heterocycles. The van der Waals surface area contributed by atoms with Crippen molar-refractivity contribution in [3.63, 3.8) is 0 Å². The number of hydrogen-bond acceptors (Lipinski definition) is 1.